The molecule has 100 valence electrons. The van der Waals surface area contributed by atoms with Crippen LogP contribution in [-0.2, 0) is 0 Å². The largest absolute Gasteiger partial charge is 0.384 e. The second-order valence-electron chi connectivity index (χ2n) is 5.42. The Hall–Kier alpha value is -1.38. The predicted octanol–water partition coefficient (Wildman–Crippen LogP) is 3.52. The Balaban J connectivity index is 2.68. The van der Waals surface area contributed by atoms with Gasteiger partial charge in [0.05, 0.1) is 0 Å². The lowest BCUT2D eigenvalue weighted by Crippen LogP contribution is -2.16. The van der Waals surface area contributed by atoms with Gasteiger partial charge in [-0.05, 0) is 48.9 Å². The van der Waals surface area contributed by atoms with Crippen LogP contribution >= 0.6 is 0 Å². The minimum Gasteiger partial charge on any atom is -0.384 e. The third-order valence-electron chi connectivity index (χ3n) is 2.90. The van der Waals surface area contributed by atoms with E-state index in [1.165, 1.54) is 6.07 Å². The van der Waals surface area contributed by atoms with Crippen LogP contribution in [0.15, 0.2) is 23.2 Å². The van der Waals surface area contributed by atoms with Crippen LogP contribution < -0.4 is 5.73 Å². The highest BCUT2D eigenvalue weighted by molar-refractivity contribution is 5.97. The molecule has 2 N–H and O–H groups in total. The summed E-state index contributed by atoms with van der Waals surface area (Å²) in [6, 6.07) is 4.85. The van der Waals surface area contributed by atoms with E-state index in [1.807, 2.05) is 0 Å². The van der Waals surface area contributed by atoms with Crippen LogP contribution in [0.3, 0.4) is 0 Å². The number of benzene rings is 1. The Morgan fingerprint density at radius 1 is 1.33 bits per heavy atom. The number of aliphatic imine (C=N–C) groups is 1. The highest BCUT2D eigenvalue weighted by Crippen LogP contribution is 2.12. The summed E-state index contributed by atoms with van der Waals surface area (Å²) in [7, 11) is 0. The Morgan fingerprint density at radius 3 is 2.56 bits per heavy atom. The lowest BCUT2D eigenvalue weighted by atomic mass is 9.99. The van der Waals surface area contributed by atoms with Gasteiger partial charge in [-0.15, -0.1) is 0 Å². The molecule has 0 aromatic heterocycles. The molecule has 0 aliphatic rings. The van der Waals surface area contributed by atoms with Crippen molar-refractivity contribution in [2.24, 2.45) is 22.6 Å². The smallest absolute Gasteiger partial charge is 0.126 e. The Morgan fingerprint density at radius 2 is 2.00 bits per heavy atom. The van der Waals surface area contributed by atoms with Crippen LogP contribution in [0.25, 0.3) is 0 Å². The van der Waals surface area contributed by atoms with Crippen molar-refractivity contribution >= 4 is 5.84 Å². The van der Waals surface area contributed by atoms with E-state index >= 15 is 0 Å². The van der Waals surface area contributed by atoms with Crippen molar-refractivity contribution in [2.45, 2.75) is 34.1 Å². The Bertz CT molecular complexity index is 425. The molecule has 0 radical (unpaired) electrons. The average Bonchev–Trinajstić information content (AvgIpc) is 2.28. The lowest BCUT2D eigenvalue weighted by Gasteiger charge is -2.11. The minimum absolute atomic E-state index is 0.209. The minimum atomic E-state index is -0.209. The summed E-state index contributed by atoms with van der Waals surface area (Å²) in [5.74, 6) is 1.48. The van der Waals surface area contributed by atoms with E-state index < -0.39 is 0 Å². The van der Waals surface area contributed by atoms with Crippen molar-refractivity contribution in [3.8, 4) is 0 Å². The highest BCUT2D eigenvalue weighted by atomic mass is 19.1. The fraction of sp³-hybridized carbons (Fsp3) is 0.533. The average molecular weight is 250 g/mol. The molecule has 1 unspecified atom stereocenters. The van der Waals surface area contributed by atoms with Crippen LogP contribution in [0, 0.1) is 24.6 Å². The van der Waals surface area contributed by atoms with E-state index in [0.29, 0.717) is 23.2 Å². The predicted molar refractivity (Wildman–Crippen MR) is 75.3 cm³/mol. The molecule has 0 spiro atoms. The number of halogens is 1. The van der Waals surface area contributed by atoms with Gasteiger partial charge in [-0.25, -0.2) is 4.39 Å². The number of amidine groups is 1. The molecule has 0 saturated heterocycles. The van der Waals surface area contributed by atoms with Crippen LogP contribution in [0.5, 0.6) is 0 Å². The molecular weight excluding hydrogens is 227 g/mol. The summed E-state index contributed by atoms with van der Waals surface area (Å²) in [6.45, 7) is 9.03. The first kappa shape index (κ1) is 14.7. The summed E-state index contributed by atoms with van der Waals surface area (Å²) in [5.41, 5.74) is 7.32. The van der Waals surface area contributed by atoms with E-state index in [-0.39, 0.29) is 5.82 Å². The van der Waals surface area contributed by atoms with Crippen LogP contribution in [0.2, 0.25) is 0 Å². The van der Waals surface area contributed by atoms with Gasteiger partial charge in [-0.2, -0.15) is 0 Å². The van der Waals surface area contributed by atoms with Gasteiger partial charge < -0.3 is 5.73 Å². The summed E-state index contributed by atoms with van der Waals surface area (Å²) in [6.07, 6.45) is 1.14. The summed E-state index contributed by atoms with van der Waals surface area (Å²) in [4.78, 5) is 4.39. The van der Waals surface area contributed by atoms with Gasteiger partial charge in [0.15, 0.2) is 0 Å². The number of hydrogen-bond donors (Lipinski definition) is 1. The van der Waals surface area contributed by atoms with E-state index in [4.69, 9.17) is 5.73 Å². The fourth-order valence-corrected chi connectivity index (χ4v) is 2.03. The molecule has 0 heterocycles. The molecular formula is C15H23FN2. The third-order valence-corrected chi connectivity index (χ3v) is 2.90. The lowest BCUT2D eigenvalue weighted by molar-refractivity contribution is 0.447. The Kier molecular flexibility index (Phi) is 5.32. The van der Waals surface area contributed by atoms with Gasteiger partial charge >= 0.3 is 0 Å². The first-order valence-corrected chi connectivity index (χ1v) is 6.46. The molecule has 0 bridgehead atoms. The summed E-state index contributed by atoms with van der Waals surface area (Å²) < 4.78 is 13.1. The number of hydrogen-bond acceptors (Lipinski definition) is 1. The third kappa shape index (κ3) is 4.47. The second kappa shape index (κ2) is 6.53. The zero-order valence-corrected chi connectivity index (χ0v) is 11.7. The molecule has 0 aliphatic carbocycles. The van der Waals surface area contributed by atoms with E-state index in [0.717, 1.165) is 18.5 Å². The molecule has 18 heavy (non-hydrogen) atoms. The topological polar surface area (TPSA) is 38.4 Å². The van der Waals surface area contributed by atoms with Gasteiger partial charge in [-0.3, -0.25) is 4.99 Å². The molecule has 1 aromatic carbocycles. The van der Waals surface area contributed by atoms with Crippen molar-refractivity contribution in [1.82, 2.24) is 0 Å². The SMILES string of the molecule is Cc1cc(C(N)=NCC(C)CC(C)C)ccc1F. The van der Waals surface area contributed by atoms with Gasteiger partial charge in [0.25, 0.3) is 0 Å². The molecule has 3 heteroatoms. The maximum absolute atomic E-state index is 13.1. The van der Waals surface area contributed by atoms with Crippen LogP contribution in [0.4, 0.5) is 4.39 Å². The van der Waals surface area contributed by atoms with Crippen molar-refractivity contribution in [2.75, 3.05) is 6.54 Å². The van der Waals surface area contributed by atoms with E-state index in [2.05, 4.69) is 25.8 Å². The van der Waals surface area contributed by atoms with Gasteiger partial charge in [0.1, 0.15) is 11.7 Å². The zero-order chi connectivity index (χ0) is 13.7. The first-order chi connectivity index (χ1) is 8.40. The van der Waals surface area contributed by atoms with Gasteiger partial charge in [0.2, 0.25) is 0 Å². The number of aryl methyl sites for hydroxylation is 1. The molecule has 0 aliphatic heterocycles. The second-order valence-corrected chi connectivity index (χ2v) is 5.42. The van der Waals surface area contributed by atoms with Crippen LogP contribution in [0.1, 0.15) is 38.3 Å². The van der Waals surface area contributed by atoms with Crippen molar-refractivity contribution in [1.29, 1.82) is 0 Å². The monoisotopic (exact) mass is 250 g/mol. The fourth-order valence-electron chi connectivity index (χ4n) is 2.03. The zero-order valence-electron chi connectivity index (χ0n) is 11.7. The number of nitrogens with two attached hydrogens (primary N) is 1. The van der Waals surface area contributed by atoms with Crippen LogP contribution in [-0.4, -0.2) is 12.4 Å². The molecule has 1 rings (SSSR count). The molecule has 2 nitrogen and oxygen atoms in total. The molecule has 0 fully saturated rings. The van der Waals surface area contributed by atoms with E-state index in [9.17, 15) is 4.39 Å². The quantitative estimate of drug-likeness (QED) is 0.630. The van der Waals surface area contributed by atoms with Gasteiger partial charge in [-0.1, -0.05) is 20.8 Å². The van der Waals surface area contributed by atoms with Gasteiger partial charge in [0, 0.05) is 12.1 Å². The van der Waals surface area contributed by atoms with Crippen molar-refractivity contribution < 1.29 is 4.39 Å². The van der Waals surface area contributed by atoms with E-state index in [1.54, 1.807) is 19.1 Å². The summed E-state index contributed by atoms with van der Waals surface area (Å²) in [5, 5.41) is 0. The first-order valence-electron chi connectivity index (χ1n) is 6.46. The molecule has 0 saturated carbocycles. The molecule has 1 aromatic rings. The maximum Gasteiger partial charge on any atom is 0.126 e. The normalized spacial score (nSPS) is 14.0. The number of nitrogens with zero attached hydrogens (tertiary/aromatic N) is 1. The molecule has 0 amide bonds. The molecule has 1 atom stereocenters. The highest BCUT2D eigenvalue weighted by Gasteiger charge is 2.06. The maximum atomic E-state index is 13.1. The standard InChI is InChI=1S/C15H23FN2/c1-10(2)7-11(3)9-18-15(17)13-5-6-14(16)12(4)8-13/h5-6,8,10-11H,7,9H2,1-4H3,(H2,17,18). The van der Waals surface area contributed by atoms with Crippen molar-refractivity contribution in [3.05, 3.63) is 35.1 Å². The summed E-state index contributed by atoms with van der Waals surface area (Å²) >= 11 is 0. The number of rotatable bonds is 5. The van der Waals surface area contributed by atoms with Crippen molar-refractivity contribution in [3.63, 3.8) is 0 Å². The Labute approximate surface area is 109 Å².